The van der Waals surface area contributed by atoms with Crippen LogP contribution in [0.4, 0.5) is 14.5 Å². The minimum absolute atomic E-state index is 0.105. The molecule has 3 nitrogen and oxygen atoms in total. The fourth-order valence-electron chi connectivity index (χ4n) is 0.858. The molecule has 5 heteroatoms. The van der Waals surface area contributed by atoms with Gasteiger partial charge in [-0.15, -0.1) is 0 Å². The van der Waals surface area contributed by atoms with E-state index in [1.807, 2.05) is 0 Å². The number of hydrogen-bond acceptors (Lipinski definition) is 3. The topological polar surface area (TPSA) is 59.0 Å². The highest BCUT2D eigenvalue weighted by molar-refractivity contribution is 5.51. The van der Waals surface area contributed by atoms with Gasteiger partial charge >= 0.3 is 6.61 Å². The van der Waals surface area contributed by atoms with E-state index in [9.17, 15) is 8.78 Å². The molecule has 0 bridgehead atoms. The van der Waals surface area contributed by atoms with Crippen LogP contribution < -0.4 is 10.5 Å². The summed E-state index contributed by atoms with van der Waals surface area (Å²) in [5.74, 6) is -0.105. The number of halogens is 2. The third kappa shape index (κ3) is 2.60. The van der Waals surface area contributed by atoms with Crippen LogP contribution >= 0.6 is 0 Å². The predicted octanol–water partition coefficient (Wildman–Crippen LogP) is 1.74. The SMILES string of the molecule is N#Cc1cc(N)cc(OC(F)F)c1. The second kappa shape index (κ2) is 3.72. The first-order valence-corrected chi connectivity index (χ1v) is 3.37. The first kappa shape index (κ1) is 9.26. The minimum atomic E-state index is -2.91. The molecule has 2 N–H and O–H groups in total. The Labute approximate surface area is 73.3 Å². The molecule has 0 aliphatic heterocycles. The summed E-state index contributed by atoms with van der Waals surface area (Å²) in [5.41, 5.74) is 5.74. The standard InChI is InChI=1S/C8H6F2N2O/c9-8(10)13-7-2-5(4-11)1-6(12)3-7/h1-3,8H,12H2. The molecule has 13 heavy (non-hydrogen) atoms. The van der Waals surface area contributed by atoms with Gasteiger partial charge in [0.15, 0.2) is 0 Å². The van der Waals surface area contributed by atoms with Crippen molar-refractivity contribution in [3.05, 3.63) is 23.8 Å². The molecule has 0 spiro atoms. The van der Waals surface area contributed by atoms with Gasteiger partial charge in [-0.25, -0.2) is 0 Å². The number of benzene rings is 1. The third-order valence-corrected chi connectivity index (χ3v) is 1.28. The molecule has 0 radical (unpaired) electrons. The fourth-order valence-corrected chi connectivity index (χ4v) is 0.858. The van der Waals surface area contributed by atoms with Gasteiger partial charge in [-0.2, -0.15) is 14.0 Å². The molecular weight excluding hydrogens is 178 g/mol. The Morgan fingerprint density at radius 3 is 2.62 bits per heavy atom. The van der Waals surface area contributed by atoms with Crippen molar-refractivity contribution in [2.45, 2.75) is 6.61 Å². The zero-order valence-electron chi connectivity index (χ0n) is 6.50. The van der Waals surface area contributed by atoms with Gasteiger partial charge in [-0.1, -0.05) is 0 Å². The number of nitrogens with two attached hydrogens (primary N) is 1. The number of nitrogen functional groups attached to an aromatic ring is 1. The highest BCUT2D eigenvalue weighted by Crippen LogP contribution is 2.19. The molecule has 0 aliphatic carbocycles. The van der Waals surface area contributed by atoms with E-state index >= 15 is 0 Å². The Kier molecular flexibility index (Phi) is 2.65. The number of ether oxygens (including phenoxy) is 1. The van der Waals surface area contributed by atoms with Crippen molar-refractivity contribution in [1.82, 2.24) is 0 Å². The van der Waals surface area contributed by atoms with E-state index in [0.717, 1.165) is 0 Å². The Bertz CT molecular complexity index is 346. The molecule has 1 aromatic rings. The Hall–Kier alpha value is -1.83. The van der Waals surface area contributed by atoms with Crippen molar-refractivity contribution in [1.29, 1.82) is 5.26 Å². The number of alkyl halides is 2. The lowest BCUT2D eigenvalue weighted by molar-refractivity contribution is -0.0498. The summed E-state index contributed by atoms with van der Waals surface area (Å²) in [5, 5.41) is 8.47. The zero-order chi connectivity index (χ0) is 9.84. The molecule has 0 fully saturated rings. The molecule has 0 aliphatic rings. The Balaban J connectivity index is 2.96. The van der Waals surface area contributed by atoms with E-state index in [-0.39, 0.29) is 17.0 Å². The number of anilines is 1. The maximum Gasteiger partial charge on any atom is 0.387 e. The summed E-state index contributed by atoms with van der Waals surface area (Å²) >= 11 is 0. The summed E-state index contributed by atoms with van der Waals surface area (Å²) in [6.45, 7) is -2.91. The van der Waals surface area contributed by atoms with Crippen LogP contribution in [0.5, 0.6) is 5.75 Å². The van der Waals surface area contributed by atoms with Gasteiger partial charge < -0.3 is 10.5 Å². The van der Waals surface area contributed by atoms with Crippen molar-refractivity contribution in [3.8, 4) is 11.8 Å². The summed E-state index contributed by atoms with van der Waals surface area (Å²) in [4.78, 5) is 0. The van der Waals surface area contributed by atoms with Gasteiger partial charge in [-0.05, 0) is 12.1 Å². The van der Waals surface area contributed by atoms with Crippen molar-refractivity contribution in [2.24, 2.45) is 0 Å². The third-order valence-electron chi connectivity index (χ3n) is 1.28. The van der Waals surface area contributed by atoms with Crippen LogP contribution in [-0.2, 0) is 0 Å². The molecule has 68 valence electrons. The molecule has 0 amide bonds. The van der Waals surface area contributed by atoms with Gasteiger partial charge in [0.05, 0.1) is 11.6 Å². The Morgan fingerprint density at radius 1 is 1.38 bits per heavy atom. The summed E-state index contributed by atoms with van der Waals surface area (Å²) in [7, 11) is 0. The van der Waals surface area contributed by atoms with Crippen LogP contribution in [0.25, 0.3) is 0 Å². The van der Waals surface area contributed by atoms with Crippen LogP contribution in [-0.4, -0.2) is 6.61 Å². The quantitative estimate of drug-likeness (QED) is 0.712. The average molecular weight is 184 g/mol. The summed E-state index contributed by atoms with van der Waals surface area (Å²) < 4.78 is 27.6. The van der Waals surface area contributed by atoms with Gasteiger partial charge in [-0.3, -0.25) is 0 Å². The van der Waals surface area contributed by atoms with Crippen molar-refractivity contribution >= 4 is 5.69 Å². The zero-order valence-corrected chi connectivity index (χ0v) is 6.50. The van der Waals surface area contributed by atoms with Crippen LogP contribution in [0.1, 0.15) is 5.56 Å². The van der Waals surface area contributed by atoms with Gasteiger partial charge in [0.1, 0.15) is 5.75 Å². The van der Waals surface area contributed by atoms with Crippen molar-refractivity contribution in [2.75, 3.05) is 5.73 Å². The number of hydrogen-bond donors (Lipinski definition) is 1. The predicted molar refractivity (Wildman–Crippen MR) is 42.2 cm³/mol. The lowest BCUT2D eigenvalue weighted by Crippen LogP contribution is -2.02. The number of nitrogens with zero attached hydrogens (tertiary/aromatic N) is 1. The molecule has 0 heterocycles. The van der Waals surface area contributed by atoms with Crippen LogP contribution in [0.2, 0.25) is 0 Å². The molecule has 0 atom stereocenters. The maximum atomic E-state index is 11.7. The molecule has 1 aromatic carbocycles. The van der Waals surface area contributed by atoms with Crippen molar-refractivity contribution in [3.63, 3.8) is 0 Å². The number of rotatable bonds is 2. The van der Waals surface area contributed by atoms with Gasteiger partial charge in [0.2, 0.25) is 0 Å². The minimum Gasteiger partial charge on any atom is -0.435 e. The van der Waals surface area contributed by atoms with Crippen molar-refractivity contribution < 1.29 is 13.5 Å². The summed E-state index contributed by atoms with van der Waals surface area (Å²) in [6, 6.07) is 5.58. The lowest BCUT2D eigenvalue weighted by Gasteiger charge is -2.04. The highest BCUT2D eigenvalue weighted by atomic mass is 19.3. The second-order valence-electron chi connectivity index (χ2n) is 2.28. The van der Waals surface area contributed by atoms with E-state index in [1.165, 1.54) is 18.2 Å². The van der Waals surface area contributed by atoms with Crippen LogP contribution in [0.15, 0.2) is 18.2 Å². The van der Waals surface area contributed by atoms with E-state index in [1.54, 1.807) is 6.07 Å². The average Bonchev–Trinajstić information content (AvgIpc) is 2.01. The van der Waals surface area contributed by atoms with E-state index in [4.69, 9.17) is 11.0 Å². The van der Waals surface area contributed by atoms with Gasteiger partial charge in [0, 0.05) is 11.8 Å². The fraction of sp³-hybridized carbons (Fsp3) is 0.125. The molecule has 0 saturated heterocycles. The lowest BCUT2D eigenvalue weighted by atomic mass is 10.2. The first-order valence-electron chi connectivity index (χ1n) is 3.37. The van der Waals surface area contributed by atoms with E-state index in [0.29, 0.717) is 0 Å². The monoisotopic (exact) mass is 184 g/mol. The molecule has 0 saturated carbocycles. The highest BCUT2D eigenvalue weighted by Gasteiger charge is 2.05. The summed E-state index contributed by atoms with van der Waals surface area (Å²) in [6.07, 6.45) is 0. The maximum absolute atomic E-state index is 11.7. The van der Waals surface area contributed by atoms with Crippen LogP contribution in [0.3, 0.4) is 0 Å². The normalized spacial score (nSPS) is 9.69. The smallest absolute Gasteiger partial charge is 0.387 e. The van der Waals surface area contributed by atoms with Gasteiger partial charge in [0.25, 0.3) is 0 Å². The molecule has 0 unspecified atom stereocenters. The largest absolute Gasteiger partial charge is 0.435 e. The number of nitriles is 1. The molecular formula is C8H6F2N2O. The molecule has 0 aromatic heterocycles. The second-order valence-corrected chi connectivity index (χ2v) is 2.28. The Morgan fingerprint density at radius 2 is 2.08 bits per heavy atom. The first-order chi connectivity index (χ1) is 6.11. The van der Waals surface area contributed by atoms with Crippen LogP contribution in [0, 0.1) is 11.3 Å². The molecule has 1 rings (SSSR count). The van der Waals surface area contributed by atoms with E-state index < -0.39 is 6.61 Å². The van der Waals surface area contributed by atoms with E-state index in [2.05, 4.69) is 4.74 Å².